The van der Waals surface area contributed by atoms with Gasteiger partial charge < -0.3 is 15.2 Å². The zero-order valence-corrected chi connectivity index (χ0v) is 7.14. The Labute approximate surface area is 76.8 Å². The molecule has 0 spiro atoms. The van der Waals surface area contributed by atoms with Crippen LogP contribution in [0.5, 0.6) is 0 Å². The minimum atomic E-state index is -0.320. The lowest BCUT2D eigenvalue weighted by atomic mass is 10.2. The zero-order valence-electron chi connectivity index (χ0n) is 7.14. The van der Waals surface area contributed by atoms with Crippen LogP contribution in [0, 0.1) is 0 Å². The number of hydrogen-bond acceptors (Lipinski definition) is 3. The summed E-state index contributed by atoms with van der Waals surface area (Å²) in [6.45, 7) is 0.378. The van der Waals surface area contributed by atoms with Crippen LogP contribution < -0.4 is 5.73 Å². The molecule has 1 aliphatic rings. The van der Waals surface area contributed by atoms with Crippen LogP contribution in [-0.4, -0.2) is 6.54 Å². The summed E-state index contributed by atoms with van der Waals surface area (Å²) in [6.07, 6.45) is 1.25. The van der Waals surface area contributed by atoms with Crippen molar-refractivity contribution in [3.05, 3.63) is 47.9 Å². The van der Waals surface area contributed by atoms with Crippen molar-refractivity contribution in [2.75, 3.05) is 6.54 Å². The summed E-state index contributed by atoms with van der Waals surface area (Å²) in [4.78, 5) is 0. The third-order valence-electron chi connectivity index (χ3n) is 1.85. The fourth-order valence-electron chi connectivity index (χ4n) is 1.18. The minimum absolute atomic E-state index is 0.320. The Morgan fingerprint density at radius 3 is 2.62 bits per heavy atom. The van der Waals surface area contributed by atoms with Gasteiger partial charge in [0.15, 0.2) is 0 Å². The van der Waals surface area contributed by atoms with Crippen LogP contribution in [0.15, 0.2) is 42.4 Å². The first-order chi connectivity index (χ1) is 6.40. The molecule has 1 aromatic carbocycles. The summed E-state index contributed by atoms with van der Waals surface area (Å²) < 4.78 is 10.7. The Hall–Kier alpha value is -1.48. The number of rotatable bonds is 2. The molecule has 1 aliphatic heterocycles. The van der Waals surface area contributed by atoms with E-state index in [1.165, 1.54) is 0 Å². The van der Waals surface area contributed by atoms with E-state index >= 15 is 0 Å². The predicted molar refractivity (Wildman–Crippen MR) is 48.5 cm³/mol. The lowest BCUT2D eigenvalue weighted by molar-refractivity contribution is -0.0339. The van der Waals surface area contributed by atoms with Crippen molar-refractivity contribution in [1.29, 1.82) is 0 Å². The molecule has 2 rings (SSSR count). The van der Waals surface area contributed by atoms with Crippen LogP contribution in [-0.2, 0) is 9.47 Å². The lowest BCUT2D eigenvalue weighted by Gasteiger charge is -2.10. The highest BCUT2D eigenvalue weighted by Gasteiger charge is 2.19. The van der Waals surface area contributed by atoms with Gasteiger partial charge in [0, 0.05) is 5.56 Å². The van der Waals surface area contributed by atoms with Crippen molar-refractivity contribution in [2.24, 2.45) is 5.73 Å². The first kappa shape index (κ1) is 8.13. The van der Waals surface area contributed by atoms with E-state index in [2.05, 4.69) is 0 Å². The van der Waals surface area contributed by atoms with Gasteiger partial charge in [0.1, 0.15) is 12.0 Å². The molecule has 0 saturated heterocycles. The van der Waals surface area contributed by atoms with Gasteiger partial charge in [-0.3, -0.25) is 0 Å². The fraction of sp³-hybridized carbons (Fsp3) is 0.200. The number of ether oxygens (including phenoxy) is 2. The molecule has 13 heavy (non-hydrogen) atoms. The van der Waals surface area contributed by atoms with E-state index in [9.17, 15) is 0 Å². The molecule has 0 saturated carbocycles. The van der Waals surface area contributed by atoms with Crippen molar-refractivity contribution in [2.45, 2.75) is 6.29 Å². The molecule has 68 valence electrons. The van der Waals surface area contributed by atoms with Gasteiger partial charge in [-0.2, -0.15) is 0 Å². The van der Waals surface area contributed by atoms with Crippen molar-refractivity contribution in [3.8, 4) is 0 Å². The minimum Gasteiger partial charge on any atom is -0.455 e. The van der Waals surface area contributed by atoms with E-state index < -0.39 is 0 Å². The van der Waals surface area contributed by atoms with Gasteiger partial charge in [0.2, 0.25) is 0 Å². The van der Waals surface area contributed by atoms with Gasteiger partial charge in [-0.1, -0.05) is 30.3 Å². The highest BCUT2D eigenvalue weighted by atomic mass is 16.7. The van der Waals surface area contributed by atoms with Gasteiger partial charge in [0.25, 0.3) is 6.29 Å². The van der Waals surface area contributed by atoms with Gasteiger partial charge in [-0.05, 0) is 0 Å². The Kier molecular flexibility index (Phi) is 2.19. The number of hydrogen-bond donors (Lipinski definition) is 1. The van der Waals surface area contributed by atoms with Gasteiger partial charge in [-0.25, -0.2) is 0 Å². The Morgan fingerprint density at radius 1 is 1.23 bits per heavy atom. The molecule has 1 aromatic rings. The molecule has 0 aromatic heterocycles. The topological polar surface area (TPSA) is 44.5 Å². The average Bonchev–Trinajstić information content (AvgIpc) is 2.67. The highest BCUT2D eigenvalue weighted by Crippen LogP contribution is 2.27. The fourth-order valence-corrected chi connectivity index (χ4v) is 1.18. The monoisotopic (exact) mass is 177 g/mol. The standard InChI is InChI=1S/C10H11NO2/c11-6-9-7-12-10(13-9)8-4-2-1-3-5-8/h1-5,7,10H,6,11H2. The summed E-state index contributed by atoms with van der Waals surface area (Å²) in [5.41, 5.74) is 6.40. The van der Waals surface area contributed by atoms with Gasteiger partial charge in [-0.15, -0.1) is 0 Å². The van der Waals surface area contributed by atoms with Crippen molar-refractivity contribution < 1.29 is 9.47 Å². The molecule has 0 fully saturated rings. The number of nitrogens with two attached hydrogens (primary N) is 1. The van der Waals surface area contributed by atoms with Crippen molar-refractivity contribution in [1.82, 2.24) is 0 Å². The summed E-state index contributed by atoms with van der Waals surface area (Å²) in [5.74, 6) is 0.689. The maximum absolute atomic E-state index is 5.41. The molecule has 0 bridgehead atoms. The normalized spacial score (nSPS) is 20.4. The quantitative estimate of drug-likeness (QED) is 0.745. The van der Waals surface area contributed by atoms with Crippen LogP contribution in [0.2, 0.25) is 0 Å². The van der Waals surface area contributed by atoms with Gasteiger partial charge in [0.05, 0.1) is 6.54 Å². The third-order valence-corrected chi connectivity index (χ3v) is 1.85. The summed E-state index contributed by atoms with van der Waals surface area (Å²) in [7, 11) is 0. The van der Waals surface area contributed by atoms with Crippen LogP contribution in [0.1, 0.15) is 11.9 Å². The average molecular weight is 177 g/mol. The van der Waals surface area contributed by atoms with Gasteiger partial charge >= 0.3 is 0 Å². The maximum Gasteiger partial charge on any atom is 0.266 e. The second-order valence-corrected chi connectivity index (χ2v) is 2.78. The van der Waals surface area contributed by atoms with Crippen molar-refractivity contribution >= 4 is 0 Å². The molecule has 3 heteroatoms. The molecular weight excluding hydrogens is 166 g/mol. The molecule has 0 amide bonds. The first-order valence-corrected chi connectivity index (χ1v) is 4.16. The summed E-state index contributed by atoms with van der Waals surface area (Å²) >= 11 is 0. The molecule has 1 heterocycles. The smallest absolute Gasteiger partial charge is 0.266 e. The van der Waals surface area contributed by atoms with E-state index in [1.54, 1.807) is 6.26 Å². The van der Waals surface area contributed by atoms with E-state index in [0.29, 0.717) is 12.3 Å². The first-order valence-electron chi connectivity index (χ1n) is 4.16. The third kappa shape index (κ3) is 1.65. The second-order valence-electron chi connectivity index (χ2n) is 2.78. The van der Waals surface area contributed by atoms with E-state index in [1.807, 2.05) is 30.3 Å². The lowest BCUT2D eigenvalue weighted by Crippen LogP contribution is -2.05. The largest absolute Gasteiger partial charge is 0.455 e. The summed E-state index contributed by atoms with van der Waals surface area (Å²) in [5, 5.41) is 0. The van der Waals surface area contributed by atoms with Crippen molar-refractivity contribution in [3.63, 3.8) is 0 Å². The van der Waals surface area contributed by atoms with Crippen LogP contribution in [0.25, 0.3) is 0 Å². The molecule has 1 atom stereocenters. The van der Waals surface area contributed by atoms with E-state index in [4.69, 9.17) is 15.2 Å². The highest BCUT2D eigenvalue weighted by molar-refractivity contribution is 5.17. The molecule has 0 aliphatic carbocycles. The maximum atomic E-state index is 5.41. The van der Waals surface area contributed by atoms with Crippen LogP contribution in [0.4, 0.5) is 0 Å². The van der Waals surface area contributed by atoms with Crippen LogP contribution >= 0.6 is 0 Å². The summed E-state index contributed by atoms with van der Waals surface area (Å²) in [6, 6.07) is 9.76. The van der Waals surface area contributed by atoms with E-state index in [0.717, 1.165) is 5.56 Å². The second kappa shape index (κ2) is 3.49. The van der Waals surface area contributed by atoms with Crippen LogP contribution in [0.3, 0.4) is 0 Å². The Balaban J connectivity index is 2.07. The SMILES string of the molecule is NCC1=COC(c2ccccc2)O1. The Bertz CT molecular complexity index is 308. The Morgan fingerprint density at radius 2 is 2.00 bits per heavy atom. The zero-order chi connectivity index (χ0) is 9.10. The molecule has 3 nitrogen and oxygen atoms in total. The molecular formula is C10H11NO2. The molecule has 1 unspecified atom stereocenters. The van der Waals surface area contributed by atoms with E-state index in [-0.39, 0.29) is 6.29 Å². The predicted octanol–water partition coefficient (Wildman–Crippen LogP) is 1.53. The molecule has 2 N–H and O–H groups in total. The number of benzene rings is 1. The molecule has 0 radical (unpaired) electrons.